The Balaban J connectivity index is 1.32. The average molecular weight is 458 g/mol. The van der Waals surface area contributed by atoms with E-state index in [9.17, 15) is 13.2 Å². The smallest absolute Gasteiger partial charge is 0.251 e. The fourth-order valence-corrected chi connectivity index (χ4v) is 6.42. The monoisotopic (exact) mass is 457 g/mol. The SMILES string of the molecule is Cc1[nH]c2ccccc2c1SCCNC(=O)c1ccc(S(=O)(=O)N2CCCCC2)cc1. The number of carbonyl (C=O) groups is 1. The van der Waals surface area contributed by atoms with E-state index in [0.29, 0.717) is 25.2 Å². The topological polar surface area (TPSA) is 82.3 Å². The van der Waals surface area contributed by atoms with Crippen LogP contribution in [0, 0.1) is 6.92 Å². The number of aryl methyl sites for hydroxylation is 1. The first-order valence-corrected chi connectivity index (χ1v) is 13.0. The Bertz CT molecular complexity index is 1160. The van der Waals surface area contributed by atoms with Crippen LogP contribution in [0.1, 0.15) is 35.3 Å². The molecule has 1 amide bonds. The number of aromatic nitrogens is 1. The van der Waals surface area contributed by atoms with Gasteiger partial charge in [-0.15, -0.1) is 11.8 Å². The van der Waals surface area contributed by atoms with E-state index < -0.39 is 10.0 Å². The molecule has 0 saturated carbocycles. The summed E-state index contributed by atoms with van der Waals surface area (Å²) in [5.41, 5.74) is 2.71. The summed E-state index contributed by atoms with van der Waals surface area (Å²) < 4.78 is 27.0. The Morgan fingerprint density at radius 1 is 1.06 bits per heavy atom. The van der Waals surface area contributed by atoms with Crippen molar-refractivity contribution in [3.63, 3.8) is 0 Å². The van der Waals surface area contributed by atoms with Crippen molar-refractivity contribution in [2.45, 2.75) is 36.0 Å². The van der Waals surface area contributed by atoms with Gasteiger partial charge in [-0.2, -0.15) is 4.31 Å². The van der Waals surface area contributed by atoms with Crippen LogP contribution in [0.4, 0.5) is 0 Å². The van der Waals surface area contributed by atoms with E-state index >= 15 is 0 Å². The largest absolute Gasteiger partial charge is 0.358 e. The normalized spacial score (nSPS) is 15.3. The van der Waals surface area contributed by atoms with Crippen molar-refractivity contribution in [2.24, 2.45) is 0 Å². The van der Waals surface area contributed by atoms with Gasteiger partial charge in [0.2, 0.25) is 10.0 Å². The van der Waals surface area contributed by atoms with Crippen LogP contribution < -0.4 is 5.32 Å². The van der Waals surface area contributed by atoms with Gasteiger partial charge in [-0.3, -0.25) is 4.79 Å². The second-order valence-corrected chi connectivity index (χ2v) is 10.8. The Morgan fingerprint density at radius 2 is 1.77 bits per heavy atom. The van der Waals surface area contributed by atoms with Crippen molar-refractivity contribution in [1.29, 1.82) is 0 Å². The number of sulfonamides is 1. The fraction of sp³-hybridized carbons (Fsp3) is 0.348. The van der Waals surface area contributed by atoms with Gasteiger partial charge in [0.15, 0.2) is 0 Å². The molecule has 2 aromatic carbocycles. The molecular formula is C23H27N3O3S2. The number of H-pyrrole nitrogens is 1. The number of para-hydroxylation sites is 1. The van der Waals surface area contributed by atoms with Gasteiger partial charge in [0.25, 0.3) is 5.91 Å². The standard InChI is InChI=1S/C23H27N3O3S2/c1-17-22(20-7-3-4-8-21(20)25-17)30-16-13-24-23(27)18-9-11-19(12-10-18)31(28,29)26-14-5-2-6-15-26/h3-4,7-12,25H,2,5-6,13-16H2,1H3,(H,24,27). The van der Waals surface area contributed by atoms with Gasteiger partial charge in [-0.05, 0) is 50.1 Å². The molecule has 0 aliphatic carbocycles. The lowest BCUT2D eigenvalue weighted by atomic mass is 10.2. The Kier molecular flexibility index (Phi) is 6.69. The van der Waals surface area contributed by atoms with E-state index in [2.05, 4.69) is 29.4 Å². The van der Waals surface area contributed by atoms with Crippen LogP contribution in [0.5, 0.6) is 0 Å². The third-order valence-electron chi connectivity index (χ3n) is 5.54. The first-order chi connectivity index (χ1) is 15.0. The second kappa shape index (κ2) is 9.46. The van der Waals surface area contributed by atoms with Gasteiger partial charge in [-0.25, -0.2) is 8.42 Å². The van der Waals surface area contributed by atoms with Crippen molar-refractivity contribution < 1.29 is 13.2 Å². The van der Waals surface area contributed by atoms with Crippen molar-refractivity contribution >= 4 is 38.6 Å². The summed E-state index contributed by atoms with van der Waals surface area (Å²) in [5.74, 6) is 0.550. The van der Waals surface area contributed by atoms with Gasteiger partial charge in [0.05, 0.1) is 4.90 Å². The molecule has 2 N–H and O–H groups in total. The molecule has 3 aromatic rings. The maximum atomic E-state index is 12.7. The van der Waals surface area contributed by atoms with Gasteiger partial charge >= 0.3 is 0 Å². The van der Waals surface area contributed by atoms with Crippen LogP contribution >= 0.6 is 11.8 Å². The predicted octanol–water partition coefficient (Wildman–Crippen LogP) is 4.17. The lowest BCUT2D eigenvalue weighted by Gasteiger charge is -2.25. The molecule has 0 atom stereocenters. The Hall–Kier alpha value is -2.29. The highest BCUT2D eigenvalue weighted by Gasteiger charge is 2.25. The molecule has 1 fully saturated rings. The van der Waals surface area contributed by atoms with Gasteiger partial charge in [0, 0.05) is 52.4 Å². The van der Waals surface area contributed by atoms with Crippen molar-refractivity contribution in [2.75, 3.05) is 25.4 Å². The third-order valence-corrected chi connectivity index (χ3v) is 8.67. The number of piperidine rings is 1. The summed E-state index contributed by atoms with van der Waals surface area (Å²) in [4.78, 5) is 17.3. The summed E-state index contributed by atoms with van der Waals surface area (Å²) >= 11 is 1.71. The van der Waals surface area contributed by atoms with E-state index in [0.717, 1.165) is 36.2 Å². The third kappa shape index (κ3) is 4.81. The minimum atomic E-state index is -3.48. The number of rotatable bonds is 7. The van der Waals surface area contributed by atoms with Gasteiger partial charge in [-0.1, -0.05) is 24.6 Å². The molecule has 31 heavy (non-hydrogen) atoms. The van der Waals surface area contributed by atoms with Gasteiger partial charge in [0.1, 0.15) is 0 Å². The molecule has 164 valence electrons. The Morgan fingerprint density at radius 3 is 2.52 bits per heavy atom. The molecular weight excluding hydrogens is 430 g/mol. The number of fused-ring (bicyclic) bond motifs is 1. The van der Waals surface area contributed by atoms with E-state index in [1.165, 1.54) is 26.7 Å². The summed E-state index contributed by atoms with van der Waals surface area (Å²) in [6, 6.07) is 14.4. The molecule has 4 rings (SSSR count). The van der Waals surface area contributed by atoms with Crippen LogP contribution in [0.2, 0.25) is 0 Å². The number of nitrogens with one attached hydrogen (secondary N) is 2. The number of hydrogen-bond donors (Lipinski definition) is 2. The molecule has 1 aliphatic rings. The summed E-state index contributed by atoms with van der Waals surface area (Å²) in [5, 5.41) is 4.12. The van der Waals surface area contributed by atoms with Crippen LogP contribution in [-0.2, 0) is 10.0 Å². The number of carbonyl (C=O) groups excluding carboxylic acids is 1. The van der Waals surface area contributed by atoms with Gasteiger partial charge < -0.3 is 10.3 Å². The minimum Gasteiger partial charge on any atom is -0.358 e. The first-order valence-electron chi connectivity index (χ1n) is 10.6. The Labute approximate surface area is 187 Å². The average Bonchev–Trinajstić information content (AvgIpc) is 3.12. The fourth-order valence-electron chi connectivity index (χ4n) is 3.89. The highest BCUT2D eigenvalue weighted by atomic mass is 32.2. The van der Waals surface area contributed by atoms with Crippen molar-refractivity contribution in [1.82, 2.24) is 14.6 Å². The molecule has 1 aliphatic heterocycles. The number of aromatic amines is 1. The lowest BCUT2D eigenvalue weighted by Crippen LogP contribution is -2.35. The summed E-state index contributed by atoms with van der Waals surface area (Å²) in [6.07, 6.45) is 2.87. The molecule has 1 saturated heterocycles. The molecule has 0 radical (unpaired) electrons. The zero-order chi connectivity index (χ0) is 21.8. The number of amides is 1. The zero-order valence-electron chi connectivity index (χ0n) is 17.6. The molecule has 0 unspecified atom stereocenters. The van der Waals surface area contributed by atoms with Crippen molar-refractivity contribution in [3.05, 3.63) is 59.8 Å². The number of hydrogen-bond acceptors (Lipinski definition) is 4. The molecule has 8 heteroatoms. The maximum absolute atomic E-state index is 12.7. The maximum Gasteiger partial charge on any atom is 0.251 e. The van der Waals surface area contributed by atoms with E-state index in [1.54, 1.807) is 23.9 Å². The van der Waals surface area contributed by atoms with Crippen LogP contribution in [0.3, 0.4) is 0 Å². The first kappa shape index (κ1) is 21.9. The molecule has 2 heterocycles. The molecule has 0 bridgehead atoms. The summed E-state index contributed by atoms with van der Waals surface area (Å²) in [6.45, 7) is 3.72. The van der Waals surface area contributed by atoms with Crippen LogP contribution in [0.25, 0.3) is 10.9 Å². The van der Waals surface area contributed by atoms with Crippen LogP contribution in [-0.4, -0.2) is 49.0 Å². The van der Waals surface area contributed by atoms with Crippen molar-refractivity contribution in [3.8, 4) is 0 Å². The van der Waals surface area contributed by atoms with E-state index in [4.69, 9.17) is 0 Å². The zero-order valence-corrected chi connectivity index (χ0v) is 19.2. The number of thioether (sulfide) groups is 1. The van der Waals surface area contributed by atoms with E-state index in [-0.39, 0.29) is 10.8 Å². The predicted molar refractivity (Wildman–Crippen MR) is 125 cm³/mol. The molecule has 0 spiro atoms. The second-order valence-electron chi connectivity index (χ2n) is 7.72. The highest BCUT2D eigenvalue weighted by molar-refractivity contribution is 7.99. The minimum absolute atomic E-state index is 0.196. The molecule has 1 aromatic heterocycles. The quantitative estimate of drug-likeness (QED) is 0.412. The lowest BCUT2D eigenvalue weighted by molar-refractivity contribution is 0.0956. The molecule has 6 nitrogen and oxygen atoms in total. The van der Waals surface area contributed by atoms with E-state index in [1.807, 2.05) is 12.1 Å². The number of benzene rings is 2. The summed E-state index contributed by atoms with van der Waals surface area (Å²) in [7, 11) is -3.48. The van der Waals surface area contributed by atoms with Crippen LogP contribution in [0.15, 0.2) is 58.3 Å². The highest BCUT2D eigenvalue weighted by Crippen LogP contribution is 2.31. The number of nitrogens with zero attached hydrogens (tertiary/aromatic N) is 1.